The summed E-state index contributed by atoms with van der Waals surface area (Å²) in [6.45, 7) is 1.09. The van der Waals surface area contributed by atoms with Crippen LogP contribution in [0, 0.1) is 0 Å². The molecule has 6 heteroatoms. The Balaban J connectivity index is 0.00000180. The van der Waals surface area contributed by atoms with Crippen molar-refractivity contribution in [1.82, 2.24) is 4.90 Å². The normalized spacial score (nSPS) is 22.5. The maximum absolute atomic E-state index is 11.8. The van der Waals surface area contributed by atoms with E-state index in [1.807, 2.05) is 30.3 Å². The number of ether oxygens (including phenoxy) is 1. The largest absolute Gasteiger partial charge is 0.445 e. The standard InChI is InChI=1S/C13H18N2O3.ClH/c14-11-8-15(7-6-12(11)16)13(17)18-9-10-4-2-1-3-5-10;/h1-5,11-12,16H,6-9,14H2;1H. The molecule has 1 aliphatic rings. The predicted octanol–water partition coefficient (Wildman–Crippen LogP) is 1.14. The molecule has 0 bridgehead atoms. The SMILES string of the molecule is Cl.NC1CN(C(=O)OCc2ccccc2)CCC1O. The smallest absolute Gasteiger partial charge is 0.410 e. The molecule has 0 radical (unpaired) electrons. The van der Waals surface area contributed by atoms with Crippen LogP contribution in [-0.2, 0) is 11.3 Å². The molecule has 2 rings (SSSR count). The zero-order chi connectivity index (χ0) is 13.0. The molecule has 1 amide bonds. The van der Waals surface area contributed by atoms with E-state index >= 15 is 0 Å². The number of amides is 1. The quantitative estimate of drug-likeness (QED) is 0.855. The van der Waals surface area contributed by atoms with Gasteiger partial charge in [-0.3, -0.25) is 0 Å². The summed E-state index contributed by atoms with van der Waals surface area (Å²) in [7, 11) is 0. The molecule has 3 N–H and O–H groups in total. The topological polar surface area (TPSA) is 75.8 Å². The molecular weight excluding hydrogens is 268 g/mol. The number of hydrogen-bond donors (Lipinski definition) is 2. The van der Waals surface area contributed by atoms with Crippen molar-refractivity contribution >= 4 is 18.5 Å². The average molecular weight is 287 g/mol. The number of nitrogens with two attached hydrogens (primary N) is 1. The Bertz CT molecular complexity index is 402. The summed E-state index contributed by atoms with van der Waals surface area (Å²) < 4.78 is 5.20. The number of likely N-dealkylation sites (tertiary alicyclic amines) is 1. The van der Waals surface area contributed by atoms with Crippen molar-refractivity contribution in [1.29, 1.82) is 0 Å². The lowest BCUT2D eigenvalue weighted by Gasteiger charge is -2.33. The van der Waals surface area contributed by atoms with Crippen molar-refractivity contribution in [3.05, 3.63) is 35.9 Å². The van der Waals surface area contributed by atoms with E-state index in [1.54, 1.807) is 4.90 Å². The van der Waals surface area contributed by atoms with E-state index in [0.717, 1.165) is 5.56 Å². The summed E-state index contributed by atoms with van der Waals surface area (Å²) in [4.78, 5) is 13.3. The van der Waals surface area contributed by atoms with E-state index in [4.69, 9.17) is 10.5 Å². The first kappa shape index (κ1) is 15.8. The number of hydrogen-bond acceptors (Lipinski definition) is 4. The fourth-order valence-electron chi connectivity index (χ4n) is 1.95. The van der Waals surface area contributed by atoms with E-state index in [-0.39, 0.29) is 31.1 Å². The van der Waals surface area contributed by atoms with Gasteiger partial charge in [-0.1, -0.05) is 30.3 Å². The number of aliphatic hydroxyl groups is 1. The van der Waals surface area contributed by atoms with Crippen LogP contribution in [0.4, 0.5) is 4.79 Å². The monoisotopic (exact) mass is 286 g/mol. The van der Waals surface area contributed by atoms with Gasteiger partial charge in [-0.05, 0) is 12.0 Å². The summed E-state index contributed by atoms with van der Waals surface area (Å²) in [6.07, 6.45) is -0.397. The maximum Gasteiger partial charge on any atom is 0.410 e. The van der Waals surface area contributed by atoms with E-state index in [2.05, 4.69) is 0 Å². The Morgan fingerprint density at radius 3 is 2.74 bits per heavy atom. The van der Waals surface area contributed by atoms with E-state index in [0.29, 0.717) is 19.5 Å². The lowest BCUT2D eigenvalue weighted by molar-refractivity contribution is 0.0441. The molecular formula is C13H19ClN2O3. The molecule has 0 aliphatic carbocycles. The van der Waals surface area contributed by atoms with Crippen LogP contribution in [0.25, 0.3) is 0 Å². The van der Waals surface area contributed by atoms with E-state index < -0.39 is 6.10 Å². The first-order valence-electron chi connectivity index (χ1n) is 6.06. The van der Waals surface area contributed by atoms with Crippen LogP contribution in [0.5, 0.6) is 0 Å². The minimum atomic E-state index is -0.525. The molecule has 1 heterocycles. The first-order chi connectivity index (χ1) is 8.66. The van der Waals surface area contributed by atoms with Crippen LogP contribution in [0.15, 0.2) is 30.3 Å². The van der Waals surface area contributed by atoms with Gasteiger partial charge in [-0.15, -0.1) is 12.4 Å². The zero-order valence-corrected chi connectivity index (χ0v) is 11.4. The van der Waals surface area contributed by atoms with Crippen molar-refractivity contribution in [2.45, 2.75) is 25.2 Å². The van der Waals surface area contributed by atoms with Crippen LogP contribution >= 0.6 is 12.4 Å². The molecule has 5 nitrogen and oxygen atoms in total. The fourth-order valence-corrected chi connectivity index (χ4v) is 1.95. The summed E-state index contributed by atoms with van der Waals surface area (Å²) >= 11 is 0. The number of carbonyl (C=O) groups excluding carboxylic acids is 1. The Morgan fingerprint density at radius 2 is 2.11 bits per heavy atom. The Kier molecular flexibility index (Phi) is 6.08. The van der Waals surface area contributed by atoms with Gasteiger partial charge in [0, 0.05) is 19.1 Å². The van der Waals surface area contributed by atoms with Crippen molar-refractivity contribution in [3.63, 3.8) is 0 Å². The second-order valence-electron chi connectivity index (χ2n) is 4.51. The molecule has 0 spiro atoms. The number of rotatable bonds is 2. The van der Waals surface area contributed by atoms with Gasteiger partial charge in [0.1, 0.15) is 6.61 Å². The third kappa shape index (κ3) is 4.38. The van der Waals surface area contributed by atoms with Crippen molar-refractivity contribution in [3.8, 4) is 0 Å². The first-order valence-corrected chi connectivity index (χ1v) is 6.06. The highest BCUT2D eigenvalue weighted by Crippen LogP contribution is 2.11. The van der Waals surface area contributed by atoms with Crippen LogP contribution in [0.3, 0.4) is 0 Å². The molecule has 2 unspecified atom stereocenters. The van der Waals surface area contributed by atoms with Gasteiger partial charge >= 0.3 is 6.09 Å². The number of halogens is 1. The number of aliphatic hydroxyl groups excluding tert-OH is 1. The summed E-state index contributed by atoms with van der Waals surface area (Å²) in [5.74, 6) is 0. The summed E-state index contributed by atoms with van der Waals surface area (Å²) in [6, 6.07) is 9.13. The predicted molar refractivity (Wildman–Crippen MR) is 74.0 cm³/mol. The molecule has 1 aromatic carbocycles. The van der Waals surface area contributed by atoms with Crippen LogP contribution in [-0.4, -0.2) is 41.3 Å². The highest BCUT2D eigenvalue weighted by atomic mass is 35.5. The van der Waals surface area contributed by atoms with Crippen LogP contribution in [0.2, 0.25) is 0 Å². The summed E-state index contributed by atoms with van der Waals surface area (Å²) in [5, 5.41) is 9.48. The fraction of sp³-hybridized carbons (Fsp3) is 0.462. The van der Waals surface area contributed by atoms with Gasteiger partial charge in [0.15, 0.2) is 0 Å². The van der Waals surface area contributed by atoms with Gasteiger partial charge in [-0.2, -0.15) is 0 Å². The maximum atomic E-state index is 11.8. The van der Waals surface area contributed by atoms with Crippen molar-refractivity contribution in [2.75, 3.05) is 13.1 Å². The molecule has 0 aromatic heterocycles. The Labute approximate surface area is 118 Å². The third-order valence-corrected chi connectivity index (χ3v) is 3.08. The second-order valence-corrected chi connectivity index (χ2v) is 4.51. The minimum absolute atomic E-state index is 0. The number of piperidine rings is 1. The van der Waals surface area contributed by atoms with Crippen molar-refractivity contribution < 1.29 is 14.6 Å². The zero-order valence-electron chi connectivity index (χ0n) is 10.6. The highest BCUT2D eigenvalue weighted by molar-refractivity contribution is 5.85. The molecule has 106 valence electrons. The van der Waals surface area contributed by atoms with E-state index in [9.17, 15) is 9.90 Å². The Morgan fingerprint density at radius 1 is 1.42 bits per heavy atom. The molecule has 1 aliphatic heterocycles. The number of benzene rings is 1. The molecule has 19 heavy (non-hydrogen) atoms. The average Bonchev–Trinajstić information content (AvgIpc) is 2.40. The highest BCUT2D eigenvalue weighted by Gasteiger charge is 2.28. The number of nitrogens with zero attached hydrogens (tertiary/aromatic N) is 1. The number of carbonyl (C=O) groups is 1. The second kappa shape index (κ2) is 7.33. The van der Waals surface area contributed by atoms with Gasteiger partial charge in [-0.25, -0.2) is 4.79 Å². The third-order valence-electron chi connectivity index (χ3n) is 3.08. The van der Waals surface area contributed by atoms with E-state index in [1.165, 1.54) is 0 Å². The molecule has 0 saturated carbocycles. The van der Waals surface area contributed by atoms with Gasteiger partial charge in [0.2, 0.25) is 0 Å². The van der Waals surface area contributed by atoms with Crippen molar-refractivity contribution in [2.24, 2.45) is 5.73 Å². The molecule has 2 atom stereocenters. The summed E-state index contributed by atoms with van der Waals surface area (Å²) in [5.41, 5.74) is 6.67. The van der Waals surface area contributed by atoms with Gasteiger partial charge in [0.05, 0.1) is 6.10 Å². The van der Waals surface area contributed by atoms with Gasteiger partial charge < -0.3 is 20.5 Å². The van der Waals surface area contributed by atoms with Gasteiger partial charge in [0.25, 0.3) is 0 Å². The lowest BCUT2D eigenvalue weighted by atomic mass is 10.0. The molecule has 1 fully saturated rings. The Hall–Kier alpha value is -1.30. The molecule has 1 saturated heterocycles. The van der Waals surface area contributed by atoms with Crippen LogP contribution in [0.1, 0.15) is 12.0 Å². The minimum Gasteiger partial charge on any atom is -0.445 e. The molecule has 1 aromatic rings. The lowest BCUT2D eigenvalue weighted by Crippen LogP contribution is -2.53. The van der Waals surface area contributed by atoms with Crippen LogP contribution < -0.4 is 5.73 Å².